The summed E-state index contributed by atoms with van der Waals surface area (Å²) in [4.78, 5) is 46.9. The van der Waals surface area contributed by atoms with Crippen molar-refractivity contribution in [2.24, 2.45) is 17.8 Å². The fourth-order valence-electron chi connectivity index (χ4n) is 3.48. The first-order valence-electron chi connectivity index (χ1n) is 11.3. The molecule has 0 bridgehead atoms. The predicted molar refractivity (Wildman–Crippen MR) is 116 cm³/mol. The second-order valence-corrected chi connectivity index (χ2v) is 9.91. The molecular formula is C24H40O7. The number of hydrogen-bond donors (Lipinski definition) is 0. The summed E-state index contributed by atoms with van der Waals surface area (Å²) in [7, 11) is 0. The Balaban J connectivity index is 2.29. The van der Waals surface area contributed by atoms with Crippen LogP contribution >= 0.6 is 0 Å². The van der Waals surface area contributed by atoms with Gasteiger partial charge in [0.25, 0.3) is 0 Å². The molecule has 0 aromatic rings. The minimum Gasteiger partial charge on any atom is -0.465 e. The van der Waals surface area contributed by atoms with Crippen LogP contribution in [0.25, 0.3) is 0 Å². The Hall–Kier alpha value is -1.76. The van der Waals surface area contributed by atoms with Crippen molar-refractivity contribution in [3.63, 3.8) is 0 Å². The Morgan fingerprint density at radius 2 is 1.48 bits per heavy atom. The summed E-state index contributed by atoms with van der Waals surface area (Å²) in [5.74, 6) is -0.933. The van der Waals surface area contributed by atoms with Gasteiger partial charge in [-0.05, 0) is 60.8 Å². The fourth-order valence-corrected chi connectivity index (χ4v) is 3.48. The molecule has 0 aromatic heterocycles. The van der Waals surface area contributed by atoms with Gasteiger partial charge in [0.2, 0.25) is 0 Å². The molecule has 31 heavy (non-hydrogen) atoms. The molecule has 1 saturated carbocycles. The second kappa shape index (κ2) is 11.7. The number of carbonyl (C=O) groups excluding carboxylic acids is 4. The van der Waals surface area contributed by atoms with E-state index in [0.29, 0.717) is 38.7 Å². The summed E-state index contributed by atoms with van der Waals surface area (Å²) in [5, 5.41) is 0. The molecule has 0 saturated heterocycles. The molecule has 178 valence electrons. The first-order chi connectivity index (χ1) is 14.3. The standard InChI is InChI=1S/C24H40O7/c1-8-18(16(2)25)15-21(27)31-24(6,7)10-12-30-23(4,5)9-11-29-22(28)20-13-19(14-20)17(3)26/h18-20H,8-15H2,1-7H3. The lowest BCUT2D eigenvalue weighted by Crippen LogP contribution is -2.36. The highest BCUT2D eigenvalue weighted by Crippen LogP contribution is 2.35. The van der Waals surface area contributed by atoms with E-state index < -0.39 is 11.2 Å². The number of ketones is 2. The van der Waals surface area contributed by atoms with Gasteiger partial charge in [-0.3, -0.25) is 19.2 Å². The zero-order chi connectivity index (χ0) is 23.8. The third-order valence-electron chi connectivity index (χ3n) is 6.06. The number of hydrogen-bond acceptors (Lipinski definition) is 7. The minimum atomic E-state index is -0.702. The predicted octanol–water partition coefficient (Wildman–Crippen LogP) is 4.05. The highest BCUT2D eigenvalue weighted by Gasteiger charge is 2.38. The van der Waals surface area contributed by atoms with Crippen molar-refractivity contribution in [3.8, 4) is 0 Å². The van der Waals surface area contributed by atoms with Crippen LogP contribution in [0.5, 0.6) is 0 Å². The van der Waals surface area contributed by atoms with E-state index in [1.54, 1.807) is 6.92 Å². The average molecular weight is 441 g/mol. The molecule has 0 amide bonds. The first kappa shape index (κ1) is 27.3. The topological polar surface area (TPSA) is 96.0 Å². The number of ether oxygens (including phenoxy) is 3. The first-order valence-corrected chi connectivity index (χ1v) is 11.3. The normalized spacial score (nSPS) is 19.8. The number of rotatable bonds is 14. The highest BCUT2D eigenvalue weighted by molar-refractivity contribution is 5.84. The largest absolute Gasteiger partial charge is 0.465 e. The van der Waals surface area contributed by atoms with Gasteiger partial charge in [0.05, 0.1) is 31.2 Å². The molecular weight excluding hydrogens is 400 g/mol. The van der Waals surface area contributed by atoms with Crippen molar-refractivity contribution in [2.45, 2.75) is 98.2 Å². The molecule has 1 unspecified atom stereocenters. The van der Waals surface area contributed by atoms with Crippen molar-refractivity contribution in [1.29, 1.82) is 0 Å². The number of esters is 2. The van der Waals surface area contributed by atoms with Crippen LogP contribution in [0.3, 0.4) is 0 Å². The zero-order valence-electron chi connectivity index (χ0n) is 20.2. The van der Waals surface area contributed by atoms with Crippen LogP contribution in [-0.2, 0) is 33.4 Å². The molecule has 1 fully saturated rings. The molecule has 0 spiro atoms. The Bertz CT molecular complexity index is 644. The van der Waals surface area contributed by atoms with Crippen molar-refractivity contribution in [3.05, 3.63) is 0 Å². The molecule has 7 nitrogen and oxygen atoms in total. The summed E-state index contributed by atoms with van der Waals surface area (Å²) in [6, 6.07) is 0. The van der Waals surface area contributed by atoms with Crippen LogP contribution in [0.2, 0.25) is 0 Å². The van der Waals surface area contributed by atoms with Gasteiger partial charge in [-0.15, -0.1) is 0 Å². The van der Waals surface area contributed by atoms with Crippen LogP contribution < -0.4 is 0 Å². The van der Waals surface area contributed by atoms with E-state index >= 15 is 0 Å². The van der Waals surface area contributed by atoms with Crippen LogP contribution in [0, 0.1) is 17.8 Å². The smallest absolute Gasteiger partial charge is 0.308 e. The lowest BCUT2D eigenvalue weighted by molar-refractivity contribution is -0.161. The molecule has 1 rings (SSSR count). The lowest BCUT2D eigenvalue weighted by atomic mass is 9.73. The summed E-state index contributed by atoms with van der Waals surface area (Å²) < 4.78 is 16.8. The number of carbonyl (C=O) groups is 4. The minimum absolute atomic E-state index is 0.000909. The van der Waals surface area contributed by atoms with E-state index in [4.69, 9.17) is 14.2 Å². The van der Waals surface area contributed by atoms with Gasteiger partial charge < -0.3 is 14.2 Å². The molecule has 1 aliphatic carbocycles. The molecule has 0 N–H and O–H groups in total. The SMILES string of the molecule is CCC(CC(=O)OC(C)(C)CCOC(C)(C)CCOC(=O)C1CC(C(C)=O)C1)C(C)=O. The van der Waals surface area contributed by atoms with Gasteiger partial charge in [0.15, 0.2) is 0 Å². The quantitative estimate of drug-likeness (QED) is 0.376. The Kier molecular flexibility index (Phi) is 10.3. The monoisotopic (exact) mass is 440 g/mol. The maximum atomic E-state index is 12.2. The van der Waals surface area contributed by atoms with E-state index in [1.807, 2.05) is 34.6 Å². The van der Waals surface area contributed by atoms with Gasteiger partial charge in [0, 0.05) is 24.7 Å². The third kappa shape index (κ3) is 9.93. The van der Waals surface area contributed by atoms with Gasteiger partial charge in [-0.1, -0.05) is 6.92 Å². The molecule has 1 atom stereocenters. The van der Waals surface area contributed by atoms with E-state index in [-0.39, 0.29) is 54.3 Å². The van der Waals surface area contributed by atoms with Crippen LogP contribution in [0.4, 0.5) is 0 Å². The van der Waals surface area contributed by atoms with Crippen molar-refractivity contribution >= 4 is 23.5 Å². The molecule has 0 aliphatic heterocycles. The van der Waals surface area contributed by atoms with Gasteiger partial charge >= 0.3 is 11.9 Å². The third-order valence-corrected chi connectivity index (χ3v) is 6.06. The molecule has 7 heteroatoms. The van der Waals surface area contributed by atoms with Gasteiger partial charge in [-0.25, -0.2) is 0 Å². The molecule has 0 radical (unpaired) electrons. The summed E-state index contributed by atoms with van der Waals surface area (Å²) in [5.41, 5.74) is -1.20. The van der Waals surface area contributed by atoms with Crippen LogP contribution in [0.15, 0.2) is 0 Å². The van der Waals surface area contributed by atoms with E-state index in [2.05, 4.69) is 0 Å². The van der Waals surface area contributed by atoms with E-state index in [0.717, 1.165) is 0 Å². The summed E-state index contributed by atoms with van der Waals surface area (Å²) in [6.07, 6.45) is 2.94. The second-order valence-electron chi connectivity index (χ2n) is 9.91. The van der Waals surface area contributed by atoms with Crippen molar-refractivity contribution < 1.29 is 33.4 Å². The summed E-state index contributed by atoms with van der Waals surface area (Å²) in [6.45, 7) is 13.1. The van der Waals surface area contributed by atoms with Crippen molar-refractivity contribution in [1.82, 2.24) is 0 Å². The molecule has 1 aliphatic rings. The Morgan fingerprint density at radius 3 is 2.00 bits per heavy atom. The number of Topliss-reactive ketones (excluding diaryl/α,β-unsaturated/α-hetero) is 2. The van der Waals surface area contributed by atoms with Crippen molar-refractivity contribution in [2.75, 3.05) is 13.2 Å². The Morgan fingerprint density at radius 1 is 0.903 bits per heavy atom. The van der Waals surface area contributed by atoms with Crippen LogP contribution in [-0.4, -0.2) is 47.9 Å². The maximum absolute atomic E-state index is 12.2. The van der Waals surface area contributed by atoms with Crippen LogP contribution in [0.1, 0.15) is 87.0 Å². The lowest BCUT2D eigenvalue weighted by Gasteiger charge is -2.32. The van der Waals surface area contributed by atoms with Gasteiger partial charge in [0.1, 0.15) is 17.2 Å². The molecule has 0 heterocycles. The fraction of sp³-hybridized carbons (Fsp3) is 0.833. The van der Waals surface area contributed by atoms with Gasteiger partial charge in [-0.2, -0.15) is 0 Å². The average Bonchev–Trinajstić information content (AvgIpc) is 2.56. The zero-order valence-corrected chi connectivity index (χ0v) is 20.2. The molecule has 0 aromatic carbocycles. The van der Waals surface area contributed by atoms with E-state index in [9.17, 15) is 19.2 Å². The van der Waals surface area contributed by atoms with E-state index in [1.165, 1.54) is 6.92 Å². The Labute approximate surface area is 186 Å². The summed E-state index contributed by atoms with van der Waals surface area (Å²) >= 11 is 0. The maximum Gasteiger partial charge on any atom is 0.308 e. The highest BCUT2D eigenvalue weighted by atomic mass is 16.6.